The van der Waals surface area contributed by atoms with Crippen molar-refractivity contribution in [3.8, 4) is 5.75 Å². The van der Waals surface area contributed by atoms with Gasteiger partial charge in [0.05, 0.1) is 11.5 Å². The number of carbonyl (C=O) groups is 3. The Balaban J connectivity index is 1.92. The van der Waals surface area contributed by atoms with Gasteiger partial charge in [0.15, 0.2) is 0 Å². The quantitative estimate of drug-likeness (QED) is 0.447. The number of anilines is 1. The van der Waals surface area contributed by atoms with Crippen LogP contribution >= 0.6 is 0 Å². The Labute approximate surface area is 146 Å². The lowest BCUT2D eigenvalue weighted by Gasteiger charge is -2.08. The number of carbonyl (C=O) groups excluding carboxylic acids is 2. The van der Waals surface area contributed by atoms with Crippen molar-refractivity contribution >= 4 is 29.2 Å². The highest BCUT2D eigenvalue weighted by atomic mass is 16.6. The maximum Gasteiger partial charge on any atom is 0.339 e. The number of aromatic carboxylic acids is 1. The molecule has 0 radical (unpaired) electrons. The second kappa shape index (κ2) is 7.75. The molecule has 4 N–H and O–H groups in total. The molecule has 26 heavy (non-hydrogen) atoms. The normalized spacial score (nSPS) is 10.0. The van der Waals surface area contributed by atoms with E-state index >= 15 is 0 Å². The van der Waals surface area contributed by atoms with Gasteiger partial charge in [0.2, 0.25) is 5.91 Å². The first-order chi connectivity index (χ1) is 12.3. The minimum absolute atomic E-state index is 0.145. The van der Waals surface area contributed by atoms with Crippen LogP contribution in [0.4, 0.5) is 11.4 Å². The van der Waals surface area contributed by atoms with Crippen LogP contribution in [-0.4, -0.2) is 39.5 Å². The van der Waals surface area contributed by atoms with Crippen LogP contribution in [0.3, 0.4) is 0 Å². The van der Waals surface area contributed by atoms with Crippen LogP contribution in [0, 0.1) is 10.1 Å². The zero-order valence-electron chi connectivity index (χ0n) is 13.1. The Morgan fingerprint density at radius 3 is 2.27 bits per heavy atom. The van der Waals surface area contributed by atoms with Gasteiger partial charge in [-0.2, -0.15) is 0 Å². The number of phenols is 1. The summed E-state index contributed by atoms with van der Waals surface area (Å²) in [6.45, 7) is -0.392. The highest BCUT2D eigenvalue weighted by Crippen LogP contribution is 2.21. The number of nitrogens with zero attached hydrogens (tertiary/aromatic N) is 1. The van der Waals surface area contributed by atoms with Crippen LogP contribution in [-0.2, 0) is 4.79 Å². The van der Waals surface area contributed by atoms with Crippen LogP contribution in [0.1, 0.15) is 20.7 Å². The smallest absolute Gasteiger partial charge is 0.339 e. The summed E-state index contributed by atoms with van der Waals surface area (Å²) < 4.78 is 0. The van der Waals surface area contributed by atoms with Gasteiger partial charge in [-0.05, 0) is 24.3 Å². The van der Waals surface area contributed by atoms with E-state index in [-0.39, 0.29) is 22.5 Å². The number of benzene rings is 2. The van der Waals surface area contributed by atoms with Crippen LogP contribution < -0.4 is 10.6 Å². The number of hydrogen-bond acceptors (Lipinski definition) is 6. The largest absolute Gasteiger partial charge is 0.507 e. The molecule has 0 fully saturated rings. The molecular formula is C16H13N3O7. The molecule has 0 spiro atoms. The average molecular weight is 359 g/mol. The number of rotatable bonds is 6. The maximum atomic E-state index is 11.9. The van der Waals surface area contributed by atoms with E-state index in [1.165, 1.54) is 30.3 Å². The van der Waals surface area contributed by atoms with E-state index in [1.807, 2.05) is 0 Å². The SMILES string of the molecule is O=C(CNC(=O)c1ccc([N+](=O)[O-])cc1)Nc1ccc(C(=O)O)c(O)c1. The fourth-order valence-corrected chi connectivity index (χ4v) is 1.99. The van der Waals surface area contributed by atoms with Gasteiger partial charge in [0, 0.05) is 29.4 Å². The van der Waals surface area contributed by atoms with Gasteiger partial charge in [-0.25, -0.2) is 4.79 Å². The van der Waals surface area contributed by atoms with Gasteiger partial charge >= 0.3 is 5.97 Å². The van der Waals surface area contributed by atoms with Crippen molar-refractivity contribution in [2.75, 3.05) is 11.9 Å². The zero-order valence-corrected chi connectivity index (χ0v) is 13.1. The number of carboxylic acid groups (broad SMARTS) is 1. The van der Waals surface area contributed by atoms with Crippen molar-refractivity contribution in [3.05, 3.63) is 63.7 Å². The van der Waals surface area contributed by atoms with Crippen LogP contribution in [0.25, 0.3) is 0 Å². The van der Waals surface area contributed by atoms with Crippen molar-refractivity contribution in [1.82, 2.24) is 5.32 Å². The first kappa shape index (κ1) is 18.4. The fraction of sp³-hybridized carbons (Fsp3) is 0.0625. The van der Waals surface area contributed by atoms with Crippen molar-refractivity contribution in [2.24, 2.45) is 0 Å². The van der Waals surface area contributed by atoms with Gasteiger partial charge in [-0.3, -0.25) is 19.7 Å². The second-order valence-electron chi connectivity index (χ2n) is 5.07. The Hall–Kier alpha value is -3.95. The molecule has 0 unspecified atom stereocenters. The van der Waals surface area contributed by atoms with Crippen molar-refractivity contribution in [1.29, 1.82) is 0 Å². The molecule has 0 aromatic heterocycles. The van der Waals surface area contributed by atoms with E-state index in [9.17, 15) is 29.6 Å². The van der Waals surface area contributed by atoms with Gasteiger partial charge < -0.3 is 20.8 Å². The van der Waals surface area contributed by atoms with Gasteiger partial charge in [-0.15, -0.1) is 0 Å². The number of non-ortho nitro benzene ring substituents is 1. The van der Waals surface area contributed by atoms with Crippen LogP contribution in [0.15, 0.2) is 42.5 Å². The molecule has 0 atom stereocenters. The molecule has 0 saturated heterocycles. The third-order valence-corrected chi connectivity index (χ3v) is 3.26. The molecule has 10 heteroatoms. The molecule has 0 saturated carbocycles. The Morgan fingerprint density at radius 1 is 1.08 bits per heavy atom. The summed E-state index contributed by atoms with van der Waals surface area (Å²) in [4.78, 5) is 44.5. The van der Waals surface area contributed by atoms with Crippen LogP contribution in [0.5, 0.6) is 5.75 Å². The second-order valence-corrected chi connectivity index (χ2v) is 5.07. The molecule has 0 aliphatic rings. The van der Waals surface area contributed by atoms with Crippen molar-refractivity contribution in [2.45, 2.75) is 0 Å². The topological polar surface area (TPSA) is 159 Å². The summed E-state index contributed by atoms with van der Waals surface area (Å²) in [6.07, 6.45) is 0. The molecule has 2 amide bonds. The van der Waals surface area contributed by atoms with E-state index in [2.05, 4.69) is 10.6 Å². The fourth-order valence-electron chi connectivity index (χ4n) is 1.99. The van der Waals surface area contributed by atoms with Crippen molar-refractivity contribution in [3.63, 3.8) is 0 Å². The summed E-state index contributed by atoms with van der Waals surface area (Å²) in [5.41, 5.74) is -0.174. The van der Waals surface area contributed by atoms with Gasteiger partial charge in [0.1, 0.15) is 11.3 Å². The van der Waals surface area contributed by atoms with E-state index < -0.39 is 35.0 Å². The molecular weight excluding hydrogens is 346 g/mol. The molecule has 10 nitrogen and oxygen atoms in total. The highest BCUT2D eigenvalue weighted by Gasteiger charge is 2.13. The number of nitro groups is 1. The molecule has 0 heterocycles. The molecule has 2 aromatic rings. The van der Waals surface area contributed by atoms with E-state index in [1.54, 1.807) is 0 Å². The number of carboxylic acids is 1. The molecule has 2 aromatic carbocycles. The van der Waals surface area contributed by atoms with Crippen molar-refractivity contribution < 1.29 is 29.5 Å². The zero-order chi connectivity index (χ0) is 19.3. The highest BCUT2D eigenvalue weighted by molar-refractivity contribution is 6.00. The number of nitrogens with one attached hydrogen (secondary N) is 2. The summed E-state index contributed by atoms with van der Waals surface area (Å²) in [5.74, 6) is -3.03. The molecule has 0 aliphatic heterocycles. The first-order valence-corrected chi connectivity index (χ1v) is 7.16. The Kier molecular flexibility index (Phi) is 5.48. The number of amides is 2. The summed E-state index contributed by atoms with van der Waals surface area (Å²) >= 11 is 0. The van der Waals surface area contributed by atoms with E-state index in [4.69, 9.17) is 5.11 Å². The monoisotopic (exact) mass is 359 g/mol. The van der Waals surface area contributed by atoms with Crippen LogP contribution in [0.2, 0.25) is 0 Å². The summed E-state index contributed by atoms with van der Waals surface area (Å²) in [5, 5.41) is 33.6. The Morgan fingerprint density at radius 2 is 1.73 bits per heavy atom. The average Bonchev–Trinajstić information content (AvgIpc) is 2.59. The third kappa shape index (κ3) is 4.54. The lowest BCUT2D eigenvalue weighted by molar-refractivity contribution is -0.384. The lowest BCUT2D eigenvalue weighted by atomic mass is 10.2. The number of aromatic hydroxyl groups is 1. The minimum Gasteiger partial charge on any atom is -0.507 e. The standard InChI is InChI=1S/C16H13N3O7/c20-13-7-10(3-6-12(13)16(23)24)18-14(21)8-17-15(22)9-1-4-11(5-2-9)19(25)26/h1-7,20H,8H2,(H,17,22)(H,18,21)(H,23,24). The minimum atomic E-state index is -1.31. The summed E-state index contributed by atoms with van der Waals surface area (Å²) in [6, 6.07) is 8.34. The van der Waals surface area contributed by atoms with E-state index in [0.29, 0.717) is 0 Å². The predicted molar refractivity (Wildman–Crippen MR) is 89.1 cm³/mol. The molecule has 0 aliphatic carbocycles. The maximum absolute atomic E-state index is 11.9. The van der Waals surface area contributed by atoms with Gasteiger partial charge in [-0.1, -0.05) is 0 Å². The molecule has 2 rings (SSSR count). The molecule has 134 valence electrons. The number of hydrogen-bond donors (Lipinski definition) is 4. The van der Waals surface area contributed by atoms with E-state index in [0.717, 1.165) is 12.1 Å². The molecule has 0 bridgehead atoms. The summed E-state index contributed by atoms with van der Waals surface area (Å²) in [7, 11) is 0. The Bertz CT molecular complexity index is 878. The first-order valence-electron chi connectivity index (χ1n) is 7.16. The lowest BCUT2D eigenvalue weighted by Crippen LogP contribution is -2.32. The number of nitro benzene ring substituents is 1. The van der Waals surface area contributed by atoms with Gasteiger partial charge in [0.25, 0.3) is 11.6 Å². The predicted octanol–water partition coefficient (Wildman–Crippen LogP) is 1.37. The third-order valence-electron chi connectivity index (χ3n) is 3.26.